The Kier molecular flexibility index (Phi) is 3.37. The summed E-state index contributed by atoms with van der Waals surface area (Å²) in [5.41, 5.74) is 6.76. The summed E-state index contributed by atoms with van der Waals surface area (Å²) in [5.74, 6) is 0. The van der Waals surface area contributed by atoms with Crippen LogP contribution in [-0.4, -0.2) is 15.8 Å². The smallest absolute Gasteiger partial charge is 0.263 e. The Bertz CT molecular complexity index is 2310. The van der Waals surface area contributed by atoms with Gasteiger partial charge in [-0.1, -0.05) is 78.9 Å². The topological polar surface area (TPSA) is 44.0 Å². The normalized spacial score (nSPS) is 13.0. The molecule has 0 radical (unpaired) electrons. The highest BCUT2D eigenvalue weighted by atomic mass is 16.1. The fraction of sp³-hybridized carbons (Fsp3) is 0. The fourth-order valence-electron chi connectivity index (χ4n) is 6.92. The standard InChI is InChI=1S/C32H17BN2O2/c36-31-23-11-4-2-9-19(23)21-16-17-27-28-30(21)34(31)26-15-6-5-13-24(26)33(28)25-14-7-12-20-18-8-1-3-10-22(18)32(37)35(27)29(20)25/h1-17H. The summed E-state index contributed by atoms with van der Waals surface area (Å²) in [6.07, 6.45) is 0. The number of hydrogen-bond donors (Lipinski definition) is 0. The number of nitrogens with zero attached hydrogens (tertiary/aromatic N) is 2. The number of benzene rings is 5. The molecule has 0 unspecified atom stereocenters. The van der Waals surface area contributed by atoms with Crippen molar-refractivity contribution in [2.75, 3.05) is 0 Å². The van der Waals surface area contributed by atoms with Crippen molar-refractivity contribution in [3.8, 4) is 11.4 Å². The number of para-hydroxylation sites is 2. The molecule has 4 heterocycles. The Balaban J connectivity index is 1.63. The summed E-state index contributed by atoms with van der Waals surface area (Å²) < 4.78 is 3.76. The van der Waals surface area contributed by atoms with Crippen LogP contribution in [0.5, 0.6) is 0 Å². The van der Waals surface area contributed by atoms with E-state index in [-0.39, 0.29) is 17.8 Å². The lowest BCUT2D eigenvalue weighted by atomic mass is 9.34. The van der Waals surface area contributed by atoms with Crippen LogP contribution in [0.15, 0.2) is 113 Å². The Labute approximate surface area is 210 Å². The molecule has 0 bridgehead atoms. The highest BCUT2D eigenvalue weighted by Crippen LogP contribution is 2.33. The highest BCUT2D eigenvalue weighted by molar-refractivity contribution is 7.00. The zero-order chi connectivity index (χ0) is 24.4. The van der Waals surface area contributed by atoms with Crippen LogP contribution < -0.4 is 27.5 Å². The molecule has 0 saturated heterocycles. The predicted molar refractivity (Wildman–Crippen MR) is 152 cm³/mol. The van der Waals surface area contributed by atoms with Gasteiger partial charge in [0.1, 0.15) is 0 Å². The van der Waals surface area contributed by atoms with Gasteiger partial charge in [0.2, 0.25) is 0 Å². The van der Waals surface area contributed by atoms with E-state index in [4.69, 9.17) is 0 Å². The molecule has 9 rings (SSSR count). The minimum Gasteiger partial charge on any atom is -0.277 e. The third-order valence-corrected chi connectivity index (χ3v) is 8.34. The van der Waals surface area contributed by atoms with E-state index in [9.17, 15) is 9.59 Å². The molecular weight excluding hydrogens is 455 g/mol. The van der Waals surface area contributed by atoms with Crippen molar-refractivity contribution < 1.29 is 0 Å². The molecular formula is C32H17BN2O2. The number of hydrogen-bond acceptors (Lipinski definition) is 2. The molecule has 0 atom stereocenters. The maximum atomic E-state index is 14.1. The Morgan fingerprint density at radius 1 is 0.432 bits per heavy atom. The summed E-state index contributed by atoms with van der Waals surface area (Å²) in [5, 5.41) is 5.40. The number of pyridine rings is 2. The molecule has 0 aliphatic carbocycles. The first-order valence-corrected chi connectivity index (χ1v) is 12.5. The number of fused-ring (bicyclic) bond motifs is 9. The van der Waals surface area contributed by atoms with E-state index in [0.717, 1.165) is 60.3 Å². The Morgan fingerprint density at radius 3 is 1.70 bits per heavy atom. The lowest BCUT2D eigenvalue weighted by molar-refractivity contribution is 1.04. The monoisotopic (exact) mass is 472 g/mol. The van der Waals surface area contributed by atoms with Gasteiger partial charge in [-0.15, -0.1) is 0 Å². The van der Waals surface area contributed by atoms with E-state index in [2.05, 4.69) is 36.4 Å². The van der Waals surface area contributed by atoms with Crippen LogP contribution in [-0.2, 0) is 0 Å². The van der Waals surface area contributed by atoms with E-state index in [1.807, 2.05) is 75.9 Å². The lowest BCUT2D eigenvalue weighted by Gasteiger charge is -2.35. The predicted octanol–water partition coefficient (Wildman–Crippen LogP) is 3.74. The molecule has 2 aliphatic rings. The van der Waals surface area contributed by atoms with Crippen LogP contribution in [0, 0.1) is 0 Å². The minimum atomic E-state index is -0.0836. The maximum absolute atomic E-state index is 14.1. The zero-order valence-corrected chi connectivity index (χ0v) is 19.6. The van der Waals surface area contributed by atoms with E-state index in [1.165, 1.54) is 0 Å². The van der Waals surface area contributed by atoms with Gasteiger partial charge in [0.25, 0.3) is 17.8 Å². The van der Waals surface area contributed by atoms with Gasteiger partial charge < -0.3 is 0 Å². The second kappa shape index (κ2) is 6.45. The van der Waals surface area contributed by atoms with Crippen LogP contribution >= 0.6 is 0 Å². The molecule has 5 heteroatoms. The second-order valence-corrected chi connectivity index (χ2v) is 10.0. The van der Waals surface area contributed by atoms with Crippen LogP contribution in [0.4, 0.5) is 0 Å². The molecule has 2 aliphatic heterocycles. The summed E-state index contributed by atoms with van der Waals surface area (Å²) in [4.78, 5) is 28.1. The van der Waals surface area contributed by atoms with Crippen LogP contribution in [0.25, 0.3) is 54.7 Å². The molecule has 0 fully saturated rings. The number of rotatable bonds is 0. The summed E-state index contributed by atoms with van der Waals surface area (Å²) in [7, 11) is 0. The number of aromatic nitrogens is 2. The van der Waals surface area contributed by atoms with E-state index in [1.54, 1.807) is 0 Å². The van der Waals surface area contributed by atoms with Gasteiger partial charge in [0.15, 0.2) is 0 Å². The molecule has 0 spiro atoms. The quantitative estimate of drug-likeness (QED) is 0.249. The van der Waals surface area contributed by atoms with Crippen molar-refractivity contribution in [1.29, 1.82) is 0 Å². The van der Waals surface area contributed by atoms with E-state index < -0.39 is 0 Å². The summed E-state index contributed by atoms with van der Waals surface area (Å²) in [6.45, 7) is -0.0836. The minimum absolute atomic E-state index is 0.0295. The fourth-order valence-corrected chi connectivity index (χ4v) is 6.92. The Morgan fingerprint density at radius 2 is 0.973 bits per heavy atom. The van der Waals surface area contributed by atoms with E-state index in [0.29, 0.717) is 10.8 Å². The van der Waals surface area contributed by atoms with Crippen molar-refractivity contribution in [1.82, 2.24) is 9.13 Å². The molecule has 4 nitrogen and oxygen atoms in total. The van der Waals surface area contributed by atoms with Gasteiger partial charge in [-0.2, -0.15) is 0 Å². The van der Waals surface area contributed by atoms with Gasteiger partial charge in [-0.05, 0) is 51.4 Å². The van der Waals surface area contributed by atoms with Gasteiger partial charge in [0, 0.05) is 32.9 Å². The highest BCUT2D eigenvalue weighted by Gasteiger charge is 2.40. The zero-order valence-electron chi connectivity index (χ0n) is 19.6. The first-order valence-electron chi connectivity index (χ1n) is 12.5. The van der Waals surface area contributed by atoms with Crippen molar-refractivity contribution in [2.24, 2.45) is 0 Å². The van der Waals surface area contributed by atoms with Crippen molar-refractivity contribution >= 4 is 66.5 Å². The first-order chi connectivity index (χ1) is 18.2. The second-order valence-electron chi connectivity index (χ2n) is 10.0. The molecule has 0 N–H and O–H groups in total. The third-order valence-electron chi connectivity index (χ3n) is 8.34. The van der Waals surface area contributed by atoms with Gasteiger partial charge in [-0.25, -0.2) is 0 Å². The molecule has 170 valence electrons. The van der Waals surface area contributed by atoms with Gasteiger partial charge in [0.05, 0.1) is 11.0 Å². The summed E-state index contributed by atoms with van der Waals surface area (Å²) >= 11 is 0. The average molecular weight is 472 g/mol. The lowest BCUT2D eigenvalue weighted by Crippen LogP contribution is -2.61. The van der Waals surface area contributed by atoms with Crippen molar-refractivity contribution in [3.05, 3.63) is 124 Å². The van der Waals surface area contributed by atoms with Crippen LogP contribution in [0.2, 0.25) is 0 Å². The largest absolute Gasteiger partial charge is 0.277 e. The van der Waals surface area contributed by atoms with Gasteiger partial charge >= 0.3 is 0 Å². The maximum Gasteiger partial charge on any atom is 0.263 e. The van der Waals surface area contributed by atoms with E-state index >= 15 is 0 Å². The molecule has 0 amide bonds. The molecule has 0 saturated carbocycles. The molecule has 7 aromatic rings. The molecule has 37 heavy (non-hydrogen) atoms. The summed E-state index contributed by atoms with van der Waals surface area (Å²) in [6, 6.07) is 34.4. The molecule has 2 aromatic heterocycles. The van der Waals surface area contributed by atoms with Crippen LogP contribution in [0.3, 0.4) is 0 Å². The van der Waals surface area contributed by atoms with Crippen molar-refractivity contribution in [3.63, 3.8) is 0 Å². The van der Waals surface area contributed by atoms with Gasteiger partial charge in [-0.3, -0.25) is 18.7 Å². The third kappa shape index (κ3) is 2.13. The average Bonchev–Trinajstić information content (AvgIpc) is 2.95. The van der Waals surface area contributed by atoms with Crippen molar-refractivity contribution in [2.45, 2.75) is 0 Å². The SMILES string of the molecule is O=c1c2ccccc2c2cccc3c2n1-c1ccc2c4ccccc4c(=O)n4c2c1B3c1ccccc1-4. The first kappa shape index (κ1) is 19.3. The van der Waals surface area contributed by atoms with Crippen LogP contribution in [0.1, 0.15) is 0 Å². The molecule has 5 aromatic carbocycles. The Hall–Kier alpha value is -4.90.